The van der Waals surface area contributed by atoms with Gasteiger partial charge in [-0.3, -0.25) is 0 Å². The number of hydrogen-bond donors (Lipinski definition) is 4. The van der Waals surface area contributed by atoms with Crippen LogP contribution >= 0.6 is 0 Å². The molecule has 0 saturated heterocycles. The predicted molar refractivity (Wildman–Crippen MR) is 111 cm³/mol. The number of carboxylic acid groups (broad SMARTS) is 1. The number of aromatic carboxylic acids is 1. The van der Waals surface area contributed by atoms with E-state index in [0.717, 1.165) is 28.6 Å². The van der Waals surface area contributed by atoms with Crippen LogP contribution < -0.4 is 5.32 Å². The molecule has 0 aliphatic carbocycles. The largest absolute Gasteiger partial charge is 0.506 e. The fraction of sp³-hybridized carbons (Fsp3) is 0.318. The van der Waals surface area contributed by atoms with Crippen molar-refractivity contribution in [2.45, 2.75) is 45.2 Å². The number of benzene rings is 2. The third kappa shape index (κ3) is 3.38. The Morgan fingerprint density at radius 3 is 2.38 bits per heavy atom. The molecule has 1 aliphatic heterocycles. The van der Waals surface area contributed by atoms with Gasteiger partial charge in [0.1, 0.15) is 11.4 Å². The number of aromatic amines is 1. The second-order valence-electron chi connectivity index (χ2n) is 8.70. The molecular formula is C22H24N4O3. The predicted octanol–water partition coefficient (Wildman–Crippen LogP) is 5.15. The van der Waals surface area contributed by atoms with Gasteiger partial charge in [-0.25, -0.2) is 4.79 Å². The number of phenols is 1. The lowest BCUT2D eigenvalue weighted by Crippen LogP contribution is -2.55. The molecule has 0 spiro atoms. The number of carbonyl (C=O) groups is 1. The van der Waals surface area contributed by atoms with Gasteiger partial charge in [0, 0.05) is 39.7 Å². The Hall–Kier alpha value is -3.19. The van der Waals surface area contributed by atoms with Gasteiger partial charge in [0.25, 0.3) is 0 Å². The van der Waals surface area contributed by atoms with Gasteiger partial charge in [0.2, 0.25) is 0 Å². The summed E-state index contributed by atoms with van der Waals surface area (Å²) in [6.45, 7) is 8.58. The zero-order valence-electron chi connectivity index (χ0n) is 16.9. The molecule has 1 aliphatic rings. The zero-order valence-corrected chi connectivity index (χ0v) is 16.9. The lowest BCUT2D eigenvalue weighted by Gasteiger charge is -2.42. The lowest BCUT2D eigenvalue weighted by molar-refractivity contribution is 0.0697. The van der Waals surface area contributed by atoms with Crippen molar-refractivity contribution < 1.29 is 15.0 Å². The van der Waals surface area contributed by atoms with E-state index in [1.165, 1.54) is 12.1 Å². The highest BCUT2D eigenvalue weighted by atomic mass is 16.4. The molecule has 0 atom stereocenters. The van der Waals surface area contributed by atoms with Crippen LogP contribution in [-0.2, 0) is 12.0 Å². The quantitative estimate of drug-likeness (QED) is 0.462. The van der Waals surface area contributed by atoms with E-state index in [2.05, 4.69) is 48.2 Å². The number of H-pyrrole nitrogens is 1. The molecule has 4 rings (SSSR count). The topological polar surface area (TPSA) is 110 Å². The summed E-state index contributed by atoms with van der Waals surface area (Å²) in [7, 11) is 0. The number of azo groups is 1. The zero-order chi connectivity index (χ0) is 21.0. The standard InChI is InChI=1S/C22H24N4O3/c1-21(2)11-15-18(22(3,4)26-21)17-14(23-15)9-10-16(27)19(17)25-24-13-7-5-12(6-8-13)20(28)29/h5-10,23,26-27H,11H2,1-4H3,(H,28,29). The van der Waals surface area contributed by atoms with Crippen molar-refractivity contribution in [2.75, 3.05) is 0 Å². The molecule has 0 radical (unpaired) electrons. The van der Waals surface area contributed by atoms with Gasteiger partial charge in [-0.15, -0.1) is 5.11 Å². The average Bonchev–Trinajstić information content (AvgIpc) is 2.98. The normalized spacial score (nSPS) is 17.5. The lowest BCUT2D eigenvalue weighted by atomic mass is 9.80. The molecule has 0 unspecified atom stereocenters. The van der Waals surface area contributed by atoms with E-state index in [-0.39, 0.29) is 22.4 Å². The summed E-state index contributed by atoms with van der Waals surface area (Å²) in [5.74, 6) is -0.946. The van der Waals surface area contributed by atoms with Crippen molar-refractivity contribution in [1.82, 2.24) is 10.3 Å². The van der Waals surface area contributed by atoms with Crippen molar-refractivity contribution in [2.24, 2.45) is 10.2 Å². The molecule has 2 aromatic carbocycles. The number of hydrogen-bond acceptors (Lipinski definition) is 5. The van der Waals surface area contributed by atoms with Crippen molar-refractivity contribution in [3.05, 3.63) is 53.2 Å². The van der Waals surface area contributed by atoms with E-state index >= 15 is 0 Å². The van der Waals surface area contributed by atoms with Gasteiger partial charge in [-0.05, 0) is 64.1 Å². The highest BCUT2D eigenvalue weighted by Gasteiger charge is 2.39. The Morgan fingerprint density at radius 1 is 1.03 bits per heavy atom. The average molecular weight is 392 g/mol. The molecular weight excluding hydrogens is 368 g/mol. The summed E-state index contributed by atoms with van der Waals surface area (Å²) in [4.78, 5) is 14.5. The molecule has 0 amide bonds. The van der Waals surface area contributed by atoms with Gasteiger partial charge in [-0.1, -0.05) is 0 Å². The van der Waals surface area contributed by atoms with Gasteiger partial charge in [0.05, 0.1) is 11.3 Å². The van der Waals surface area contributed by atoms with Crippen molar-refractivity contribution in [1.29, 1.82) is 0 Å². The van der Waals surface area contributed by atoms with Crippen LogP contribution in [0.25, 0.3) is 10.9 Å². The Morgan fingerprint density at radius 2 is 1.72 bits per heavy atom. The van der Waals surface area contributed by atoms with Crippen LogP contribution in [0.15, 0.2) is 46.6 Å². The first kappa shape index (κ1) is 19.1. The summed E-state index contributed by atoms with van der Waals surface area (Å²) in [5, 5.41) is 32.6. The third-order valence-corrected chi connectivity index (χ3v) is 5.27. The maximum atomic E-state index is 11.0. The highest BCUT2D eigenvalue weighted by molar-refractivity contribution is 5.98. The van der Waals surface area contributed by atoms with Crippen LogP contribution in [0.2, 0.25) is 0 Å². The molecule has 29 heavy (non-hydrogen) atoms. The Bertz CT molecular complexity index is 1140. The number of phenolic OH excluding ortho intramolecular Hbond substituents is 1. The maximum Gasteiger partial charge on any atom is 0.335 e. The third-order valence-electron chi connectivity index (χ3n) is 5.27. The van der Waals surface area contributed by atoms with Crippen molar-refractivity contribution >= 4 is 28.2 Å². The Balaban J connectivity index is 1.84. The highest BCUT2D eigenvalue weighted by Crippen LogP contribution is 2.45. The number of nitrogens with zero attached hydrogens (tertiary/aromatic N) is 2. The number of aromatic hydroxyl groups is 1. The molecule has 7 nitrogen and oxygen atoms in total. The van der Waals surface area contributed by atoms with E-state index < -0.39 is 5.97 Å². The first-order chi connectivity index (χ1) is 13.6. The molecule has 1 aromatic heterocycles. The summed E-state index contributed by atoms with van der Waals surface area (Å²) in [6, 6.07) is 9.59. The molecule has 7 heteroatoms. The van der Waals surface area contributed by atoms with E-state index in [4.69, 9.17) is 5.11 Å². The second-order valence-corrected chi connectivity index (χ2v) is 8.70. The van der Waals surface area contributed by atoms with Crippen LogP contribution in [0.1, 0.15) is 49.3 Å². The van der Waals surface area contributed by atoms with Crippen molar-refractivity contribution in [3.8, 4) is 5.75 Å². The summed E-state index contributed by atoms with van der Waals surface area (Å²) >= 11 is 0. The molecule has 0 fully saturated rings. The first-order valence-electron chi connectivity index (χ1n) is 9.49. The van der Waals surface area contributed by atoms with Gasteiger partial charge >= 0.3 is 5.97 Å². The number of fused-ring (bicyclic) bond motifs is 3. The molecule has 0 bridgehead atoms. The first-order valence-corrected chi connectivity index (χ1v) is 9.49. The summed E-state index contributed by atoms with van der Waals surface area (Å²) < 4.78 is 0. The minimum atomic E-state index is -0.993. The van der Waals surface area contributed by atoms with E-state index in [1.807, 2.05) is 6.07 Å². The SMILES string of the molecule is CC1(C)Cc2[nH]c3ccc(O)c(N=Nc4ccc(C(=O)O)cc4)c3c2C(C)(C)N1. The van der Waals surface area contributed by atoms with E-state index in [0.29, 0.717) is 11.4 Å². The monoisotopic (exact) mass is 392 g/mol. The van der Waals surface area contributed by atoms with Gasteiger partial charge < -0.3 is 20.5 Å². The molecule has 4 N–H and O–H groups in total. The fourth-order valence-corrected chi connectivity index (χ4v) is 4.41. The van der Waals surface area contributed by atoms with Crippen molar-refractivity contribution in [3.63, 3.8) is 0 Å². The second kappa shape index (κ2) is 6.42. The Labute approximate surface area is 168 Å². The van der Waals surface area contributed by atoms with Crippen LogP contribution in [0.4, 0.5) is 11.4 Å². The van der Waals surface area contributed by atoms with E-state index in [9.17, 15) is 9.90 Å². The van der Waals surface area contributed by atoms with Crippen LogP contribution in [-0.4, -0.2) is 26.7 Å². The fourth-order valence-electron chi connectivity index (χ4n) is 4.41. The summed E-state index contributed by atoms with van der Waals surface area (Å²) in [5.41, 5.74) is 3.81. The molecule has 150 valence electrons. The number of rotatable bonds is 3. The minimum Gasteiger partial charge on any atom is -0.506 e. The maximum absolute atomic E-state index is 11.0. The molecule has 3 aromatic rings. The molecule has 2 heterocycles. The molecule has 0 saturated carbocycles. The van der Waals surface area contributed by atoms with E-state index in [1.54, 1.807) is 18.2 Å². The minimum absolute atomic E-state index is 0.0471. The Kier molecular flexibility index (Phi) is 4.24. The van der Waals surface area contributed by atoms with Crippen LogP contribution in [0.3, 0.4) is 0 Å². The smallest absolute Gasteiger partial charge is 0.335 e. The van der Waals surface area contributed by atoms with Crippen LogP contribution in [0.5, 0.6) is 5.75 Å². The number of nitrogens with one attached hydrogen (secondary N) is 2. The van der Waals surface area contributed by atoms with Crippen LogP contribution in [0, 0.1) is 0 Å². The van der Waals surface area contributed by atoms with Gasteiger partial charge in [-0.2, -0.15) is 5.11 Å². The summed E-state index contributed by atoms with van der Waals surface area (Å²) in [6.07, 6.45) is 0.828. The number of aromatic nitrogens is 1. The number of carboxylic acids is 1. The van der Waals surface area contributed by atoms with Gasteiger partial charge in [0.15, 0.2) is 0 Å².